The first-order chi connectivity index (χ1) is 43.3. The molecule has 11 rings (SSSR count). The Balaban J connectivity index is 0.000000267. The number of rotatable bonds is 25. The molecular weight excluding hydrogens is 1270 g/mol. The topological polar surface area (TPSA) is 266 Å². The number of aliphatic hydroxyl groups is 2. The largest absolute Gasteiger partial charge is 0.445 e. The maximum atomic E-state index is 12.6. The van der Waals surface area contributed by atoms with Crippen molar-refractivity contribution in [3.8, 4) is 0 Å². The van der Waals surface area contributed by atoms with Crippen molar-refractivity contribution in [1.82, 2.24) is 16.0 Å². The van der Waals surface area contributed by atoms with E-state index in [1.54, 1.807) is 13.8 Å². The molecule has 0 bridgehead atoms. The van der Waals surface area contributed by atoms with Gasteiger partial charge in [-0.2, -0.15) is 0 Å². The van der Waals surface area contributed by atoms with Crippen LogP contribution in [-0.4, -0.2) is 125 Å². The minimum atomic E-state index is -0.808. The van der Waals surface area contributed by atoms with E-state index in [0.717, 1.165) is 38.9 Å². The first-order valence-corrected chi connectivity index (χ1v) is 30.2. The van der Waals surface area contributed by atoms with E-state index >= 15 is 0 Å². The molecule has 4 unspecified atom stereocenters. The number of hydrogen-bond donors (Lipinski definition) is 6. The van der Waals surface area contributed by atoms with Crippen LogP contribution in [0.2, 0.25) is 0 Å². The van der Waals surface area contributed by atoms with Crippen LogP contribution in [0.4, 0.5) is 14.4 Å². The van der Waals surface area contributed by atoms with Gasteiger partial charge in [0.15, 0.2) is 11.6 Å². The number of nitrogens with two attached hydrogens (primary N) is 1. The van der Waals surface area contributed by atoms with Gasteiger partial charge in [0.2, 0.25) is 0 Å². The fourth-order valence-electron chi connectivity index (χ4n) is 9.66. The number of alkyl carbamates (subject to hydrolysis) is 3. The zero-order valence-electron chi connectivity index (χ0n) is 51.9. The molecule has 10 atom stereocenters. The van der Waals surface area contributed by atoms with Gasteiger partial charge in [0.05, 0.1) is 50.6 Å². The third-order valence-corrected chi connectivity index (χ3v) is 15.8. The van der Waals surface area contributed by atoms with Crippen LogP contribution >= 0.6 is 0 Å². The van der Waals surface area contributed by atoms with Gasteiger partial charge < -0.3 is 65.1 Å². The van der Waals surface area contributed by atoms with Crippen molar-refractivity contribution in [2.45, 2.75) is 154 Å². The summed E-state index contributed by atoms with van der Waals surface area (Å²) in [4.78, 5) is 60.9. The number of Topliss-reactive ketones (excluding diaryl/α,β-unsaturated/α-hetero) is 2. The second kappa shape index (κ2) is 38.2. The van der Waals surface area contributed by atoms with Crippen molar-refractivity contribution in [3.63, 3.8) is 0 Å². The van der Waals surface area contributed by atoms with E-state index in [1.807, 2.05) is 226 Å². The van der Waals surface area contributed by atoms with E-state index < -0.39 is 77.1 Å². The number of ether oxygens (including phenoxy) is 7. The third-order valence-electron chi connectivity index (χ3n) is 15.8. The quantitative estimate of drug-likeness (QED) is 0.0229. The molecule has 1 radical (unpaired) electrons. The number of aliphatic hydroxyl groups excluding tert-OH is 2. The average Bonchev–Trinajstić information content (AvgIpc) is 1.68. The first-order valence-electron chi connectivity index (χ1n) is 30.2. The van der Waals surface area contributed by atoms with Gasteiger partial charge in [-0.1, -0.05) is 235 Å². The van der Waals surface area contributed by atoms with E-state index in [0.29, 0.717) is 52.1 Å². The summed E-state index contributed by atoms with van der Waals surface area (Å²) in [7, 11) is 0. The third kappa shape index (κ3) is 25.7. The molecule has 94 heavy (non-hydrogen) atoms. The molecule has 0 spiro atoms. The summed E-state index contributed by atoms with van der Waals surface area (Å²) in [6.07, 6.45) is -1.34. The van der Waals surface area contributed by atoms with Crippen LogP contribution < -0.4 is 21.7 Å². The Kier molecular flexibility index (Phi) is 32.1. The average molecular weight is 1360 g/mol. The van der Waals surface area contributed by atoms with Crippen molar-refractivity contribution >= 4 is 29.8 Å². The zero-order valence-corrected chi connectivity index (χ0v) is 54.7. The standard InChI is InChI=1S/2C20H23NO4.C20H21NO4.C12H15NO2.3CH4.Y/c3*1-20(14-25-20)18(22)17(12-15-8-4-2-5-9-15)21-19(23)24-13-16-10-6-3-7-11-16;1-12(8-15-12)11(14)10(13)7-9-5-3-2-4-6-9;;;;/h2*2-11,17-18,22H,12-14H2,1H3,(H,21,23);2-11,17H,12-14H2,1H3,(H,21,23);2-6,10H,7-8,13H2,1H3;3*1H4;/t2*17?,18-,20+;17?,20-;10?,12-;;;;/m1011..../s1. The minimum Gasteiger partial charge on any atom is -0.445 e. The Hall–Kier alpha value is -7.49. The number of carbonyl (C=O) groups is 5. The molecular formula is C75H94N4O14Y. The van der Waals surface area contributed by atoms with Crippen molar-refractivity contribution in [1.29, 1.82) is 0 Å². The van der Waals surface area contributed by atoms with Crippen molar-refractivity contribution in [2.75, 3.05) is 26.4 Å². The van der Waals surface area contributed by atoms with Crippen LogP contribution in [0.25, 0.3) is 0 Å². The maximum Gasteiger partial charge on any atom is 0.408 e. The molecule has 501 valence electrons. The smallest absolute Gasteiger partial charge is 0.408 e. The monoisotopic (exact) mass is 1360 g/mol. The molecule has 0 saturated carbocycles. The van der Waals surface area contributed by atoms with Gasteiger partial charge in [-0.3, -0.25) is 9.59 Å². The number of epoxide rings is 4. The van der Waals surface area contributed by atoms with Gasteiger partial charge in [0.25, 0.3) is 0 Å². The van der Waals surface area contributed by atoms with Gasteiger partial charge in [-0.05, 0) is 92.3 Å². The Morgan fingerprint density at radius 2 is 0.638 bits per heavy atom. The predicted molar refractivity (Wildman–Crippen MR) is 359 cm³/mol. The summed E-state index contributed by atoms with van der Waals surface area (Å²) in [6.45, 7) is 9.62. The first kappa shape index (κ1) is 79.0. The van der Waals surface area contributed by atoms with Crippen LogP contribution in [0.15, 0.2) is 212 Å². The summed E-state index contributed by atoms with van der Waals surface area (Å²) in [6, 6.07) is 65.0. The van der Waals surface area contributed by atoms with E-state index in [9.17, 15) is 34.2 Å². The number of hydrogen-bond acceptors (Lipinski definition) is 15. The molecule has 3 amide bonds. The number of ketones is 2. The molecule has 7 aromatic carbocycles. The van der Waals surface area contributed by atoms with Gasteiger partial charge in [0.1, 0.15) is 54.4 Å². The van der Waals surface area contributed by atoms with Crippen LogP contribution in [0.1, 0.15) is 88.9 Å². The SMILES string of the molecule is C.C.C.C[C@@]1([C@H](O)C(Cc2ccccc2)NC(=O)OCc2ccccc2)CO1.C[C@]1(C(=O)C(Cc2ccccc2)NC(=O)OCc2ccccc2)CO1.C[C@]1(C(=O)C(N)Cc2ccccc2)CO1.C[C@]1([C@@H](O)C(Cc2ccccc2)NC(=O)OCc2ccccc2)CO1.[Y]. The summed E-state index contributed by atoms with van der Waals surface area (Å²) < 4.78 is 36.8. The minimum absolute atomic E-state index is 0. The van der Waals surface area contributed by atoms with E-state index in [2.05, 4.69) is 16.0 Å². The molecule has 19 heteroatoms. The Morgan fingerprint density at radius 1 is 0.394 bits per heavy atom. The molecule has 4 saturated heterocycles. The Bertz CT molecular complexity index is 3220. The number of benzene rings is 7. The normalized spacial score (nSPS) is 20.7. The van der Waals surface area contributed by atoms with Gasteiger partial charge >= 0.3 is 18.3 Å². The molecule has 7 N–H and O–H groups in total. The molecule has 7 aromatic rings. The molecule has 4 fully saturated rings. The predicted octanol–water partition coefficient (Wildman–Crippen LogP) is 11.1. The number of nitrogens with one attached hydrogen (secondary N) is 3. The molecule has 4 aliphatic rings. The zero-order chi connectivity index (χ0) is 64.0. The van der Waals surface area contributed by atoms with E-state index in [-0.39, 0.29) is 86.4 Å². The fraction of sp³-hybridized carbons (Fsp3) is 0.373. The van der Waals surface area contributed by atoms with Crippen molar-refractivity contribution in [2.24, 2.45) is 5.73 Å². The fourth-order valence-corrected chi connectivity index (χ4v) is 9.66. The molecule has 4 heterocycles. The van der Waals surface area contributed by atoms with Crippen LogP contribution in [-0.2, 0) is 121 Å². The maximum absolute atomic E-state index is 12.6. The molecule has 4 aliphatic heterocycles. The Labute approximate surface area is 579 Å². The van der Waals surface area contributed by atoms with Crippen molar-refractivity contribution < 1.29 is 100 Å². The molecule has 0 aromatic heterocycles. The number of carbonyl (C=O) groups excluding carboxylic acids is 5. The summed E-state index contributed by atoms with van der Waals surface area (Å²) in [5.74, 6) is -0.126. The molecule has 0 aliphatic carbocycles. The summed E-state index contributed by atoms with van der Waals surface area (Å²) in [5.41, 5.74) is 10.1. The van der Waals surface area contributed by atoms with E-state index in [4.69, 9.17) is 38.9 Å². The van der Waals surface area contributed by atoms with Crippen LogP contribution in [0.3, 0.4) is 0 Å². The second-order valence-electron chi connectivity index (χ2n) is 23.6. The van der Waals surface area contributed by atoms with Gasteiger partial charge in [-0.15, -0.1) is 0 Å². The second-order valence-corrected chi connectivity index (χ2v) is 23.6. The summed E-state index contributed by atoms with van der Waals surface area (Å²) >= 11 is 0. The number of amides is 3. The Morgan fingerprint density at radius 3 is 0.915 bits per heavy atom. The van der Waals surface area contributed by atoms with Gasteiger partial charge in [-0.25, -0.2) is 14.4 Å². The van der Waals surface area contributed by atoms with Crippen molar-refractivity contribution in [3.05, 3.63) is 251 Å². The van der Waals surface area contributed by atoms with E-state index in [1.165, 1.54) is 0 Å². The van der Waals surface area contributed by atoms with Crippen LogP contribution in [0, 0.1) is 0 Å². The van der Waals surface area contributed by atoms with Crippen LogP contribution in [0.5, 0.6) is 0 Å². The van der Waals surface area contributed by atoms with Gasteiger partial charge in [0, 0.05) is 32.7 Å². The summed E-state index contributed by atoms with van der Waals surface area (Å²) in [5, 5.41) is 29.5. The molecule has 18 nitrogen and oxygen atoms in total.